The van der Waals surface area contributed by atoms with Gasteiger partial charge in [-0.3, -0.25) is 11.3 Å². The summed E-state index contributed by atoms with van der Waals surface area (Å²) in [5.74, 6) is 9.69. The molecule has 0 aromatic carbocycles. The van der Waals surface area contributed by atoms with E-state index in [1.54, 1.807) is 0 Å². The van der Waals surface area contributed by atoms with Crippen molar-refractivity contribution in [1.82, 2.24) is 5.43 Å². The van der Waals surface area contributed by atoms with Crippen molar-refractivity contribution in [3.8, 4) is 0 Å². The number of hydrogen-bond acceptors (Lipinski definition) is 2. The van der Waals surface area contributed by atoms with E-state index in [1.807, 2.05) is 0 Å². The van der Waals surface area contributed by atoms with E-state index in [0.717, 1.165) is 23.7 Å². The number of hydrogen-bond donors (Lipinski definition) is 2. The lowest BCUT2D eigenvalue weighted by atomic mass is 9.74. The van der Waals surface area contributed by atoms with Gasteiger partial charge in [-0.25, -0.2) is 0 Å². The Hall–Kier alpha value is -0.0800. The van der Waals surface area contributed by atoms with Gasteiger partial charge in [0.05, 0.1) is 0 Å². The van der Waals surface area contributed by atoms with Crippen LogP contribution in [0.4, 0.5) is 0 Å². The van der Waals surface area contributed by atoms with Crippen molar-refractivity contribution in [2.75, 3.05) is 0 Å². The minimum atomic E-state index is 0.654. The molecule has 3 aliphatic carbocycles. The maximum absolute atomic E-state index is 5.67. The number of hydrazine groups is 1. The predicted molar refractivity (Wildman–Crippen MR) is 52.8 cm³/mol. The van der Waals surface area contributed by atoms with E-state index in [0.29, 0.717) is 6.04 Å². The highest BCUT2D eigenvalue weighted by molar-refractivity contribution is 5.01. The molecule has 3 saturated carbocycles. The Balaban J connectivity index is 1.60. The fourth-order valence-corrected chi connectivity index (χ4v) is 3.51. The van der Waals surface area contributed by atoms with Crippen LogP contribution in [0.25, 0.3) is 0 Å². The lowest BCUT2D eigenvalue weighted by Gasteiger charge is -2.37. The van der Waals surface area contributed by atoms with Gasteiger partial charge in [0.1, 0.15) is 0 Å². The van der Waals surface area contributed by atoms with Crippen molar-refractivity contribution in [2.24, 2.45) is 29.5 Å². The fraction of sp³-hybridized carbons (Fsp3) is 1.00. The molecule has 0 bridgehead atoms. The molecule has 0 aromatic heterocycles. The molecule has 0 aromatic rings. The summed E-state index contributed by atoms with van der Waals surface area (Å²) in [6.07, 6.45) is 8.73. The van der Waals surface area contributed by atoms with E-state index in [-0.39, 0.29) is 0 Å². The summed E-state index contributed by atoms with van der Waals surface area (Å²) in [5.41, 5.74) is 3.09. The van der Waals surface area contributed by atoms with E-state index in [9.17, 15) is 0 Å². The number of fused-ring (bicyclic) bond motifs is 1. The molecule has 3 unspecified atom stereocenters. The molecule has 0 amide bonds. The first-order chi connectivity index (χ1) is 6.38. The summed E-state index contributed by atoms with van der Waals surface area (Å²) >= 11 is 0. The molecule has 0 radical (unpaired) electrons. The van der Waals surface area contributed by atoms with Crippen LogP contribution >= 0.6 is 0 Å². The highest BCUT2D eigenvalue weighted by Gasteiger charge is 2.49. The van der Waals surface area contributed by atoms with Gasteiger partial charge >= 0.3 is 0 Å². The van der Waals surface area contributed by atoms with Gasteiger partial charge in [0.2, 0.25) is 0 Å². The minimum Gasteiger partial charge on any atom is -0.271 e. The SMILES string of the molecule is NNC(C1CCC1)C1CC2CC2C1. The summed E-state index contributed by atoms with van der Waals surface area (Å²) in [5, 5.41) is 0. The normalized spacial score (nSPS) is 45.5. The molecule has 13 heavy (non-hydrogen) atoms. The Morgan fingerprint density at radius 2 is 1.69 bits per heavy atom. The summed E-state index contributed by atoms with van der Waals surface area (Å²) in [7, 11) is 0. The van der Waals surface area contributed by atoms with Crippen molar-refractivity contribution in [3.63, 3.8) is 0 Å². The first kappa shape index (κ1) is 8.25. The predicted octanol–water partition coefficient (Wildman–Crippen LogP) is 1.66. The van der Waals surface area contributed by atoms with Crippen LogP contribution in [-0.2, 0) is 0 Å². The standard InChI is InChI=1S/C11H20N2/c12-13-11(7-2-1-3-7)10-5-8-4-9(8)6-10/h7-11,13H,1-6,12H2. The molecule has 0 saturated heterocycles. The first-order valence-corrected chi connectivity index (χ1v) is 5.84. The topological polar surface area (TPSA) is 38.0 Å². The van der Waals surface area contributed by atoms with Gasteiger partial charge in [-0.1, -0.05) is 6.42 Å². The Bertz CT molecular complexity index is 190. The van der Waals surface area contributed by atoms with E-state index in [1.165, 1.54) is 38.5 Å². The van der Waals surface area contributed by atoms with Crippen molar-refractivity contribution in [2.45, 2.75) is 44.6 Å². The van der Waals surface area contributed by atoms with Gasteiger partial charge in [0.25, 0.3) is 0 Å². The Kier molecular flexibility index (Phi) is 1.88. The molecular weight excluding hydrogens is 160 g/mol. The van der Waals surface area contributed by atoms with Crippen LogP contribution < -0.4 is 11.3 Å². The van der Waals surface area contributed by atoms with Gasteiger partial charge in [-0.05, 0) is 55.8 Å². The van der Waals surface area contributed by atoms with Crippen LogP contribution in [0.5, 0.6) is 0 Å². The zero-order valence-corrected chi connectivity index (χ0v) is 8.21. The highest BCUT2D eigenvalue weighted by Crippen LogP contribution is 2.56. The molecule has 2 nitrogen and oxygen atoms in total. The van der Waals surface area contributed by atoms with Crippen molar-refractivity contribution < 1.29 is 0 Å². The maximum Gasteiger partial charge on any atom is 0.0267 e. The van der Waals surface area contributed by atoms with Crippen molar-refractivity contribution >= 4 is 0 Å². The van der Waals surface area contributed by atoms with Gasteiger partial charge < -0.3 is 0 Å². The molecule has 0 aliphatic heterocycles. The third kappa shape index (κ3) is 1.31. The molecule has 3 N–H and O–H groups in total. The molecule has 0 heterocycles. The van der Waals surface area contributed by atoms with Crippen LogP contribution in [-0.4, -0.2) is 6.04 Å². The molecule has 3 atom stereocenters. The van der Waals surface area contributed by atoms with Crippen molar-refractivity contribution in [3.05, 3.63) is 0 Å². The number of nitrogens with one attached hydrogen (secondary N) is 1. The maximum atomic E-state index is 5.67. The lowest BCUT2D eigenvalue weighted by molar-refractivity contribution is 0.168. The van der Waals surface area contributed by atoms with Gasteiger partial charge in [0, 0.05) is 6.04 Å². The van der Waals surface area contributed by atoms with Crippen LogP contribution in [0.1, 0.15) is 38.5 Å². The van der Waals surface area contributed by atoms with Gasteiger partial charge in [0.15, 0.2) is 0 Å². The van der Waals surface area contributed by atoms with Crippen LogP contribution in [0, 0.1) is 23.7 Å². The Morgan fingerprint density at radius 3 is 2.15 bits per heavy atom. The van der Waals surface area contributed by atoms with Crippen LogP contribution in [0.2, 0.25) is 0 Å². The van der Waals surface area contributed by atoms with E-state index < -0.39 is 0 Å². The molecule has 3 fully saturated rings. The average Bonchev–Trinajstić information content (AvgIpc) is 2.66. The van der Waals surface area contributed by atoms with E-state index in [4.69, 9.17) is 5.84 Å². The molecule has 3 rings (SSSR count). The number of nitrogens with two attached hydrogens (primary N) is 1. The van der Waals surface area contributed by atoms with Crippen LogP contribution in [0.15, 0.2) is 0 Å². The second-order valence-electron chi connectivity index (χ2n) is 5.37. The molecule has 74 valence electrons. The second kappa shape index (κ2) is 2.96. The minimum absolute atomic E-state index is 0.654. The number of rotatable bonds is 3. The summed E-state index contributed by atoms with van der Waals surface area (Å²) in [6.45, 7) is 0. The molecule has 3 aliphatic rings. The lowest BCUT2D eigenvalue weighted by Crippen LogP contribution is -2.47. The Labute approximate surface area is 80.2 Å². The van der Waals surface area contributed by atoms with Gasteiger partial charge in [-0.2, -0.15) is 0 Å². The van der Waals surface area contributed by atoms with Crippen molar-refractivity contribution in [1.29, 1.82) is 0 Å². The third-order valence-electron chi connectivity index (χ3n) is 4.64. The highest BCUT2D eigenvalue weighted by atomic mass is 15.2. The summed E-state index contributed by atoms with van der Waals surface area (Å²) in [6, 6.07) is 0.654. The monoisotopic (exact) mass is 180 g/mol. The van der Waals surface area contributed by atoms with Gasteiger partial charge in [-0.15, -0.1) is 0 Å². The summed E-state index contributed by atoms with van der Waals surface area (Å²) in [4.78, 5) is 0. The quantitative estimate of drug-likeness (QED) is 0.512. The van der Waals surface area contributed by atoms with E-state index in [2.05, 4.69) is 5.43 Å². The zero-order chi connectivity index (χ0) is 8.84. The largest absolute Gasteiger partial charge is 0.271 e. The smallest absolute Gasteiger partial charge is 0.0267 e. The first-order valence-electron chi connectivity index (χ1n) is 5.84. The second-order valence-corrected chi connectivity index (χ2v) is 5.37. The zero-order valence-electron chi connectivity index (χ0n) is 8.21. The molecule has 0 spiro atoms. The Morgan fingerprint density at radius 1 is 1.00 bits per heavy atom. The molecular formula is C11H20N2. The van der Waals surface area contributed by atoms with Crippen LogP contribution in [0.3, 0.4) is 0 Å². The summed E-state index contributed by atoms with van der Waals surface area (Å²) < 4.78 is 0. The molecule has 2 heteroatoms. The average molecular weight is 180 g/mol. The third-order valence-corrected chi connectivity index (χ3v) is 4.64. The van der Waals surface area contributed by atoms with E-state index >= 15 is 0 Å². The fourth-order valence-electron chi connectivity index (χ4n) is 3.51.